The lowest BCUT2D eigenvalue weighted by atomic mass is 9.99. The van der Waals surface area contributed by atoms with Crippen molar-refractivity contribution in [1.82, 2.24) is 14.6 Å². The van der Waals surface area contributed by atoms with Crippen LogP contribution in [0.3, 0.4) is 0 Å². The molecule has 1 aromatic heterocycles. The number of nitrogens with two attached hydrogens (primary N) is 1. The molecule has 1 fully saturated rings. The zero-order valence-electron chi connectivity index (χ0n) is 24.0. The first-order chi connectivity index (χ1) is 19.8. The van der Waals surface area contributed by atoms with Crippen molar-refractivity contribution in [2.75, 3.05) is 18.9 Å². The summed E-state index contributed by atoms with van der Waals surface area (Å²) in [6.07, 6.45) is -6.76. The van der Waals surface area contributed by atoms with E-state index in [1.807, 2.05) is 20.8 Å². The first kappa shape index (κ1) is 34.2. The average Bonchev–Trinajstić information content (AvgIpc) is 3.13. The van der Waals surface area contributed by atoms with Gasteiger partial charge in [0.05, 0.1) is 24.2 Å². The number of anilines is 1. The predicted molar refractivity (Wildman–Crippen MR) is 147 cm³/mol. The summed E-state index contributed by atoms with van der Waals surface area (Å²) in [5, 5.41) is 23.7. The number of hydrogen-bond donors (Lipinski definition) is 3. The van der Waals surface area contributed by atoms with Gasteiger partial charge in [-0.1, -0.05) is 20.8 Å². The monoisotopic (exact) mass is 633 g/mol. The smallest absolute Gasteiger partial charge is 0.406 e. The standard InChI is InChI=1S/C25H34F2N5O10P/c1-14(21(34)39-13-24(3,4)5)30-43(38,42-15(2)16-6-8-17(9-7-16)32(36)37)40-12-18-20(33)25(26,27)22(41-18)31-11-10-19(28)29-23(31)35/h6-11,14-15,18,20,22,33H,12-13H2,1-5H3,(H,30,38)(H2,28,29,35)/t14-,15?,18+,20?,22+,43?/m0/s1. The molecule has 1 aliphatic rings. The lowest BCUT2D eigenvalue weighted by molar-refractivity contribution is -0.384. The number of esters is 1. The molecule has 18 heteroatoms. The average molecular weight is 634 g/mol. The number of nitrogens with zero attached hydrogens (tertiary/aromatic N) is 3. The van der Waals surface area contributed by atoms with E-state index in [0.29, 0.717) is 10.1 Å². The van der Waals surface area contributed by atoms with Gasteiger partial charge in [-0.2, -0.15) is 13.8 Å². The third-order valence-electron chi connectivity index (χ3n) is 6.12. The lowest BCUT2D eigenvalue weighted by Crippen LogP contribution is -2.42. The van der Waals surface area contributed by atoms with Crippen molar-refractivity contribution < 1.29 is 46.7 Å². The molecule has 15 nitrogen and oxygen atoms in total. The number of aliphatic hydroxyl groups is 1. The van der Waals surface area contributed by atoms with Crippen LogP contribution in [0.15, 0.2) is 41.3 Å². The number of nitro benzene ring substituents is 1. The molecule has 2 aromatic rings. The molecule has 3 unspecified atom stereocenters. The number of hydrogen-bond acceptors (Lipinski definition) is 12. The van der Waals surface area contributed by atoms with Gasteiger partial charge in [-0.05, 0) is 43.0 Å². The number of alkyl halides is 2. The van der Waals surface area contributed by atoms with E-state index < -0.39 is 67.4 Å². The minimum atomic E-state index is -4.59. The van der Waals surface area contributed by atoms with Crippen molar-refractivity contribution in [3.63, 3.8) is 0 Å². The highest BCUT2D eigenvalue weighted by molar-refractivity contribution is 7.51. The number of rotatable bonds is 12. The van der Waals surface area contributed by atoms with Crippen LogP contribution in [0.25, 0.3) is 0 Å². The largest absolute Gasteiger partial charge is 0.464 e. The summed E-state index contributed by atoms with van der Waals surface area (Å²) in [5.74, 6) is -5.04. The molecule has 2 heterocycles. The molecule has 0 bridgehead atoms. The normalized spacial score (nSPS) is 22.8. The Bertz CT molecular complexity index is 1420. The predicted octanol–water partition coefficient (Wildman–Crippen LogP) is 3.10. The van der Waals surface area contributed by atoms with E-state index in [0.717, 1.165) is 12.3 Å². The van der Waals surface area contributed by atoms with Crippen molar-refractivity contribution >= 4 is 25.2 Å². The number of aliphatic hydroxyl groups excluding tert-OH is 1. The summed E-state index contributed by atoms with van der Waals surface area (Å²) in [5.41, 5.74) is 4.00. The molecule has 6 atom stereocenters. The number of halogens is 2. The fourth-order valence-corrected chi connectivity index (χ4v) is 5.48. The molecular formula is C25H34F2N5O10P. The van der Waals surface area contributed by atoms with Gasteiger partial charge in [0.15, 0.2) is 6.10 Å². The second kappa shape index (κ2) is 13.1. The minimum absolute atomic E-state index is 0.0288. The van der Waals surface area contributed by atoms with E-state index in [1.54, 1.807) is 0 Å². The molecule has 238 valence electrons. The van der Waals surface area contributed by atoms with Gasteiger partial charge in [0.1, 0.15) is 18.0 Å². The van der Waals surface area contributed by atoms with Crippen molar-refractivity contribution in [2.45, 2.75) is 71.1 Å². The summed E-state index contributed by atoms with van der Waals surface area (Å²) in [6, 6.07) is 4.89. The number of nitrogen functional groups attached to an aromatic ring is 1. The van der Waals surface area contributed by atoms with Gasteiger partial charge in [0.2, 0.25) is 6.23 Å². The van der Waals surface area contributed by atoms with Crippen molar-refractivity contribution in [3.8, 4) is 0 Å². The van der Waals surface area contributed by atoms with Crippen LogP contribution >= 0.6 is 7.75 Å². The van der Waals surface area contributed by atoms with Gasteiger partial charge >= 0.3 is 25.3 Å². The zero-order chi connectivity index (χ0) is 32.3. The number of benzene rings is 1. The van der Waals surface area contributed by atoms with Crippen molar-refractivity contribution in [2.24, 2.45) is 5.41 Å². The maximum absolute atomic E-state index is 15.0. The van der Waals surface area contributed by atoms with Crippen LogP contribution in [0.2, 0.25) is 0 Å². The van der Waals surface area contributed by atoms with Crippen LogP contribution in [0.4, 0.5) is 20.3 Å². The maximum atomic E-state index is 15.0. The Labute approximate surface area is 245 Å². The van der Waals surface area contributed by atoms with Crippen LogP contribution in [0, 0.1) is 15.5 Å². The topological polar surface area (TPSA) is 207 Å². The Morgan fingerprint density at radius 1 is 1.30 bits per heavy atom. The molecule has 43 heavy (non-hydrogen) atoms. The van der Waals surface area contributed by atoms with Crippen LogP contribution in [-0.4, -0.2) is 62.9 Å². The van der Waals surface area contributed by atoms with E-state index in [4.69, 9.17) is 24.3 Å². The van der Waals surface area contributed by atoms with Crippen LogP contribution < -0.4 is 16.5 Å². The Kier molecular flexibility index (Phi) is 10.4. The molecule has 0 amide bonds. The molecule has 0 radical (unpaired) electrons. The SMILES string of the molecule is CC(OP(=O)(N[C@@H](C)C(=O)OCC(C)(C)C)OC[C@H]1O[C@@H](n2ccc(N)nc2=O)C(F)(F)C1O)c1ccc([N+](=O)[O-])cc1. The molecular weight excluding hydrogens is 599 g/mol. The van der Waals surface area contributed by atoms with Crippen molar-refractivity contribution in [3.05, 3.63) is 62.7 Å². The molecule has 0 saturated carbocycles. The van der Waals surface area contributed by atoms with Crippen molar-refractivity contribution in [1.29, 1.82) is 0 Å². The van der Waals surface area contributed by atoms with Gasteiger partial charge in [0, 0.05) is 18.3 Å². The zero-order valence-corrected chi connectivity index (χ0v) is 24.9. The van der Waals surface area contributed by atoms with E-state index in [2.05, 4.69) is 10.1 Å². The molecule has 1 aliphatic heterocycles. The quantitative estimate of drug-likeness (QED) is 0.133. The second-order valence-corrected chi connectivity index (χ2v) is 12.8. The van der Waals surface area contributed by atoms with Gasteiger partial charge in [-0.25, -0.2) is 14.4 Å². The first-order valence-corrected chi connectivity index (χ1v) is 14.5. The maximum Gasteiger partial charge on any atom is 0.406 e. The Morgan fingerprint density at radius 2 is 1.93 bits per heavy atom. The minimum Gasteiger partial charge on any atom is -0.464 e. The highest BCUT2D eigenvalue weighted by atomic mass is 31.2. The number of nitro groups is 1. The summed E-state index contributed by atoms with van der Waals surface area (Å²) >= 11 is 0. The van der Waals surface area contributed by atoms with Crippen LogP contribution in [0.1, 0.15) is 52.5 Å². The summed E-state index contributed by atoms with van der Waals surface area (Å²) < 4.78 is 65.8. The van der Waals surface area contributed by atoms with E-state index in [1.165, 1.54) is 38.1 Å². The van der Waals surface area contributed by atoms with Gasteiger partial charge in [-0.3, -0.25) is 28.5 Å². The molecule has 1 saturated heterocycles. The number of ether oxygens (including phenoxy) is 2. The molecule has 0 aliphatic carbocycles. The molecule has 4 N–H and O–H groups in total. The van der Waals surface area contributed by atoms with Crippen LogP contribution in [-0.2, 0) is 27.9 Å². The highest BCUT2D eigenvalue weighted by Gasteiger charge is 2.60. The van der Waals surface area contributed by atoms with E-state index in [-0.39, 0.29) is 23.5 Å². The number of carbonyl (C=O) groups excluding carboxylic acids is 1. The number of carbonyl (C=O) groups is 1. The fourth-order valence-electron chi connectivity index (χ4n) is 3.82. The Balaban J connectivity index is 1.82. The third-order valence-corrected chi connectivity index (χ3v) is 7.90. The summed E-state index contributed by atoms with van der Waals surface area (Å²) in [4.78, 5) is 38.5. The first-order valence-electron chi connectivity index (χ1n) is 13.0. The molecule has 3 rings (SSSR count). The Morgan fingerprint density at radius 3 is 2.49 bits per heavy atom. The van der Waals surface area contributed by atoms with Crippen LogP contribution in [0.5, 0.6) is 0 Å². The van der Waals surface area contributed by atoms with Gasteiger partial charge in [-0.15, -0.1) is 0 Å². The summed E-state index contributed by atoms with van der Waals surface area (Å²) in [6.45, 7) is 7.32. The third kappa shape index (κ3) is 8.61. The fraction of sp³-hybridized carbons (Fsp3) is 0.560. The van der Waals surface area contributed by atoms with Gasteiger partial charge < -0.3 is 20.3 Å². The number of aromatic nitrogens is 2. The van der Waals surface area contributed by atoms with Gasteiger partial charge in [0.25, 0.3) is 5.69 Å². The lowest BCUT2D eigenvalue weighted by Gasteiger charge is -2.27. The van der Waals surface area contributed by atoms with E-state index in [9.17, 15) is 38.2 Å². The number of non-ortho nitro benzene ring substituents is 1. The number of nitrogens with one attached hydrogen (secondary N) is 1. The second-order valence-electron chi connectivity index (χ2n) is 11.1. The molecule has 1 aromatic carbocycles. The summed E-state index contributed by atoms with van der Waals surface area (Å²) in [7, 11) is -4.59. The molecule has 0 spiro atoms. The van der Waals surface area contributed by atoms with E-state index >= 15 is 0 Å². The highest BCUT2D eigenvalue weighted by Crippen LogP contribution is 2.50. The Hall–Kier alpha value is -3.34.